The van der Waals surface area contributed by atoms with Crippen LogP contribution < -0.4 is 10.1 Å². The molecule has 0 aliphatic carbocycles. The first kappa shape index (κ1) is 12.9. The highest BCUT2D eigenvalue weighted by Gasteiger charge is 2.02. The summed E-state index contributed by atoms with van der Waals surface area (Å²) in [6.07, 6.45) is 2.28. The first-order chi connectivity index (χ1) is 7.74. The standard InChI is InChI=1S/C12H17F2NO/c1-2-3-6-15-7-8-16-10-4-5-11(13)12(14)9-10/h4-5,9,15H,2-3,6-8H2,1H3. The largest absolute Gasteiger partial charge is 0.492 e. The van der Waals surface area contributed by atoms with Gasteiger partial charge in [0.15, 0.2) is 11.6 Å². The number of nitrogens with one attached hydrogen (secondary N) is 1. The summed E-state index contributed by atoms with van der Waals surface area (Å²) < 4.78 is 30.6. The zero-order valence-corrected chi connectivity index (χ0v) is 9.43. The number of halogens is 2. The Hall–Kier alpha value is -1.16. The summed E-state index contributed by atoms with van der Waals surface area (Å²) in [6.45, 7) is 4.24. The maximum Gasteiger partial charge on any atom is 0.162 e. The van der Waals surface area contributed by atoms with Gasteiger partial charge in [-0.2, -0.15) is 0 Å². The zero-order chi connectivity index (χ0) is 11.8. The summed E-state index contributed by atoms with van der Waals surface area (Å²) in [6, 6.07) is 3.54. The van der Waals surface area contributed by atoms with Crippen LogP contribution in [0, 0.1) is 11.6 Å². The van der Waals surface area contributed by atoms with Crippen LogP contribution in [0.5, 0.6) is 5.75 Å². The van der Waals surface area contributed by atoms with Crippen LogP contribution in [0.2, 0.25) is 0 Å². The molecule has 0 saturated carbocycles. The van der Waals surface area contributed by atoms with Crippen LogP contribution in [0.25, 0.3) is 0 Å². The van der Waals surface area contributed by atoms with Gasteiger partial charge >= 0.3 is 0 Å². The van der Waals surface area contributed by atoms with E-state index < -0.39 is 11.6 Å². The fourth-order valence-electron chi connectivity index (χ4n) is 1.23. The van der Waals surface area contributed by atoms with Crippen molar-refractivity contribution < 1.29 is 13.5 Å². The lowest BCUT2D eigenvalue weighted by atomic mass is 10.3. The quantitative estimate of drug-likeness (QED) is 0.726. The molecule has 1 N–H and O–H groups in total. The monoisotopic (exact) mass is 229 g/mol. The first-order valence-corrected chi connectivity index (χ1v) is 5.52. The van der Waals surface area contributed by atoms with Crippen molar-refractivity contribution in [1.29, 1.82) is 0 Å². The Morgan fingerprint density at radius 1 is 1.19 bits per heavy atom. The molecule has 1 aromatic rings. The SMILES string of the molecule is CCCCNCCOc1ccc(F)c(F)c1. The molecular weight excluding hydrogens is 212 g/mol. The minimum atomic E-state index is -0.878. The maximum absolute atomic E-state index is 12.8. The normalized spacial score (nSPS) is 10.4. The summed E-state index contributed by atoms with van der Waals surface area (Å²) in [5, 5.41) is 3.19. The van der Waals surface area contributed by atoms with E-state index in [0.717, 1.165) is 31.5 Å². The van der Waals surface area contributed by atoms with Crippen molar-refractivity contribution in [2.24, 2.45) is 0 Å². The summed E-state index contributed by atoms with van der Waals surface area (Å²) in [5.74, 6) is -1.37. The molecule has 0 aliphatic rings. The molecule has 0 radical (unpaired) electrons. The average molecular weight is 229 g/mol. The van der Waals surface area contributed by atoms with Crippen LogP contribution in [0.15, 0.2) is 18.2 Å². The molecule has 0 fully saturated rings. The molecule has 0 aromatic heterocycles. The molecule has 0 spiro atoms. The lowest BCUT2D eigenvalue weighted by Gasteiger charge is -2.07. The van der Waals surface area contributed by atoms with Gasteiger partial charge in [0.25, 0.3) is 0 Å². The number of hydrogen-bond donors (Lipinski definition) is 1. The number of benzene rings is 1. The van der Waals surface area contributed by atoms with Gasteiger partial charge in [0.2, 0.25) is 0 Å². The predicted molar refractivity (Wildman–Crippen MR) is 59.6 cm³/mol. The molecule has 90 valence electrons. The van der Waals surface area contributed by atoms with E-state index in [1.165, 1.54) is 6.07 Å². The lowest BCUT2D eigenvalue weighted by molar-refractivity contribution is 0.311. The third-order valence-electron chi connectivity index (χ3n) is 2.15. The molecule has 0 atom stereocenters. The Morgan fingerprint density at radius 2 is 2.00 bits per heavy atom. The van der Waals surface area contributed by atoms with Gasteiger partial charge in [-0.1, -0.05) is 13.3 Å². The molecular formula is C12H17F2NO. The van der Waals surface area contributed by atoms with Gasteiger partial charge in [-0.05, 0) is 25.1 Å². The smallest absolute Gasteiger partial charge is 0.162 e. The number of hydrogen-bond acceptors (Lipinski definition) is 2. The average Bonchev–Trinajstić information content (AvgIpc) is 2.28. The lowest BCUT2D eigenvalue weighted by Crippen LogP contribution is -2.21. The van der Waals surface area contributed by atoms with Crippen molar-refractivity contribution in [2.45, 2.75) is 19.8 Å². The number of ether oxygens (including phenoxy) is 1. The highest BCUT2D eigenvalue weighted by atomic mass is 19.2. The predicted octanol–water partition coefficient (Wildman–Crippen LogP) is 2.73. The van der Waals surface area contributed by atoms with Gasteiger partial charge in [-0.3, -0.25) is 0 Å². The Labute approximate surface area is 94.6 Å². The summed E-state index contributed by atoms with van der Waals surface area (Å²) in [7, 11) is 0. The highest BCUT2D eigenvalue weighted by Crippen LogP contribution is 2.14. The second-order valence-corrected chi connectivity index (χ2v) is 3.53. The summed E-state index contributed by atoms with van der Waals surface area (Å²) in [5.41, 5.74) is 0. The van der Waals surface area contributed by atoms with E-state index in [2.05, 4.69) is 12.2 Å². The van der Waals surface area contributed by atoms with Gasteiger partial charge in [-0.25, -0.2) is 8.78 Å². The third-order valence-corrected chi connectivity index (χ3v) is 2.15. The van der Waals surface area contributed by atoms with Crippen molar-refractivity contribution in [3.05, 3.63) is 29.8 Å². The Balaban J connectivity index is 2.19. The third kappa shape index (κ3) is 4.57. The van der Waals surface area contributed by atoms with E-state index in [1.54, 1.807) is 0 Å². The minimum Gasteiger partial charge on any atom is -0.492 e. The van der Waals surface area contributed by atoms with Crippen LogP contribution in [0.3, 0.4) is 0 Å². The molecule has 0 heterocycles. The Morgan fingerprint density at radius 3 is 2.69 bits per heavy atom. The van der Waals surface area contributed by atoms with Crippen LogP contribution in [0.4, 0.5) is 8.78 Å². The molecule has 0 saturated heterocycles. The van der Waals surface area contributed by atoms with E-state index in [-0.39, 0.29) is 0 Å². The van der Waals surface area contributed by atoms with Crippen LogP contribution in [-0.4, -0.2) is 19.7 Å². The summed E-state index contributed by atoms with van der Waals surface area (Å²) in [4.78, 5) is 0. The fraction of sp³-hybridized carbons (Fsp3) is 0.500. The molecule has 4 heteroatoms. The van der Waals surface area contributed by atoms with E-state index >= 15 is 0 Å². The van der Waals surface area contributed by atoms with Gasteiger partial charge in [-0.15, -0.1) is 0 Å². The van der Waals surface area contributed by atoms with Crippen molar-refractivity contribution in [2.75, 3.05) is 19.7 Å². The van der Waals surface area contributed by atoms with Crippen LogP contribution in [-0.2, 0) is 0 Å². The van der Waals surface area contributed by atoms with Crippen molar-refractivity contribution in [3.8, 4) is 5.75 Å². The molecule has 1 rings (SSSR count). The van der Waals surface area contributed by atoms with E-state index in [0.29, 0.717) is 18.9 Å². The van der Waals surface area contributed by atoms with Crippen molar-refractivity contribution in [3.63, 3.8) is 0 Å². The maximum atomic E-state index is 12.8. The summed E-state index contributed by atoms with van der Waals surface area (Å²) >= 11 is 0. The number of rotatable bonds is 7. The van der Waals surface area contributed by atoms with E-state index in [1.807, 2.05) is 0 Å². The van der Waals surface area contributed by atoms with Crippen molar-refractivity contribution in [1.82, 2.24) is 5.32 Å². The van der Waals surface area contributed by atoms with E-state index in [4.69, 9.17) is 4.74 Å². The topological polar surface area (TPSA) is 21.3 Å². The van der Waals surface area contributed by atoms with Gasteiger partial charge < -0.3 is 10.1 Å². The molecule has 16 heavy (non-hydrogen) atoms. The molecule has 2 nitrogen and oxygen atoms in total. The second-order valence-electron chi connectivity index (χ2n) is 3.53. The van der Waals surface area contributed by atoms with Gasteiger partial charge in [0.1, 0.15) is 12.4 Å². The molecule has 0 aliphatic heterocycles. The van der Waals surface area contributed by atoms with Crippen LogP contribution in [0.1, 0.15) is 19.8 Å². The van der Waals surface area contributed by atoms with Crippen molar-refractivity contribution >= 4 is 0 Å². The molecule has 1 aromatic carbocycles. The fourth-order valence-corrected chi connectivity index (χ4v) is 1.23. The van der Waals surface area contributed by atoms with Gasteiger partial charge in [0.05, 0.1) is 0 Å². The first-order valence-electron chi connectivity index (χ1n) is 5.52. The Bertz CT molecular complexity index is 318. The molecule has 0 unspecified atom stereocenters. The van der Waals surface area contributed by atoms with Crippen LogP contribution >= 0.6 is 0 Å². The van der Waals surface area contributed by atoms with Gasteiger partial charge in [0, 0.05) is 12.6 Å². The second kappa shape index (κ2) is 7.17. The van der Waals surface area contributed by atoms with E-state index in [9.17, 15) is 8.78 Å². The minimum absolute atomic E-state index is 0.358. The number of unbranched alkanes of at least 4 members (excludes halogenated alkanes) is 1. The molecule has 0 bridgehead atoms. The molecule has 0 amide bonds. The highest BCUT2D eigenvalue weighted by molar-refractivity contribution is 5.23. The zero-order valence-electron chi connectivity index (χ0n) is 9.43. The Kier molecular flexibility index (Phi) is 5.78.